The van der Waals surface area contributed by atoms with Gasteiger partial charge in [-0.3, -0.25) is 4.90 Å². The Morgan fingerprint density at radius 3 is 2.92 bits per heavy atom. The van der Waals surface area contributed by atoms with Crippen molar-refractivity contribution < 1.29 is 14.9 Å². The predicted octanol–water partition coefficient (Wildman–Crippen LogP) is 3.74. The van der Waals surface area contributed by atoms with Crippen molar-refractivity contribution in [3.63, 3.8) is 0 Å². The van der Waals surface area contributed by atoms with E-state index < -0.39 is 6.10 Å². The summed E-state index contributed by atoms with van der Waals surface area (Å²) in [5.74, 6) is 0.862. The number of hydrogen-bond donors (Lipinski definition) is 2. The van der Waals surface area contributed by atoms with E-state index >= 15 is 0 Å². The number of phenols is 1. The fraction of sp³-hybridized carbons (Fsp3) is 0.636. The Morgan fingerprint density at radius 1 is 1.35 bits per heavy atom. The molecule has 0 radical (unpaired) electrons. The summed E-state index contributed by atoms with van der Waals surface area (Å²) >= 11 is 0. The van der Waals surface area contributed by atoms with Crippen molar-refractivity contribution >= 4 is 0 Å². The lowest BCUT2D eigenvalue weighted by Gasteiger charge is -2.36. The third-order valence-electron chi connectivity index (χ3n) is 6.41. The number of nitrogens with zero attached hydrogens (tertiary/aromatic N) is 1. The molecule has 0 fully saturated rings. The predicted molar refractivity (Wildman–Crippen MR) is 103 cm³/mol. The lowest BCUT2D eigenvalue weighted by Crippen LogP contribution is -2.43. The number of aliphatic hydroxyl groups excluding tert-OH is 1. The van der Waals surface area contributed by atoms with Gasteiger partial charge in [-0.15, -0.1) is 0 Å². The lowest BCUT2D eigenvalue weighted by atomic mass is 9.69. The number of aromatic hydroxyl groups is 1. The first-order chi connectivity index (χ1) is 12.3. The van der Waals surface area contributed by atoms with Crippen molar-refractivity contribution in [1.82, 2.24) is 4.90 Å². The Labute approximate surface area is 156 Å². The maximum absolute atomic E-state index is 10.4. The number of rotatable bonds is 4. The van der Waals surface area contributed by atoms with Crippen molar-refractivity contribution in [3.8, 4) is 11.5 Å². The molecule has 0 saturated heterocycles. The van der Waals surface area contributed by atoms with E-state index in [9.17, 15) is 10.2 Å². The molecule has 4 heteroatoms. The Balaban J connectivity index is 1.72. The number of aliphatic hydroxyl groups is 1. The maximum Gasteiger partial charge on any atom is 0.165 e. The first-order valence-corrected chi connectivity index (χ1v) is 9.96. The molecule has 0 bridgehead atoms. The Morgan fingerprint density at radius 2 is 2.15 bits per heavy atom. The minimum atomic E-state index is -0.464. The summed E-state index contributed by atoms with van der Waals surface area (Å²) in [7, 11) is 0. The molecule has 4 rings (SSSR count). The van der Waals surface area contributed by atoms with E-state index in [4.69, 9.17) is 4.74 Å². The number of hydrogen-bond acceptors (Lipinski definition) is 4. The summed E-state index contributed by atoms with van der Waals surface area (Å²) < 4.78 is 6.18. The highest BCUT2D eigenvalue weighted by Crippen LogP contribution is 2.55. The van der Waals surface area contributed by atoms with Gasteiger partial charge in [-0.05, 0) is 36.4 Å². The fourth-order valence-electron chi connectivity index (χ4n) is 5.34. The van der Waals surface area contributed by atoms with Crippen molar-refractivity contribution in [1.29, 1.82) is 0 Å². The van der Waals surface area contributed by atoms with Crippen LogP contribution in [0.15, 0.2) is 24.3 Å². The lowest BCUT2D eigenvalue weighted by molar-refractivity contribution is 0.0779. The molecule has 3 unspecified atom stereocenters. The molecular weight excluding hydrogens is 326 g/mol. The molecule has 3 aliphatic rings. The summed E-state index contributed by atoms with van der Waals surface area (Å²) in [5, 5.41) is 20.5. The zero-order chi connectivity index (χ0) is 18.5. The van der Waals surface area contributed by atoms with Crippen LogP contribution in [-0.4, -0.2) is 40.4 Å². The molecule has 1 spiro atoms. The van der Waals surface area contributed by atoms with E-state index in [1.807, 2.05) is 6.08 Å². The minimum Gasteiger partial charge on any atom is -0.504 e. The summed E-state index contributed by atoms with van der Waals surface area (Å²) in [6.45, 7) is 9.93. The second kappa shape index (κ2) is 6.28. The molecule has 2 aliphatic heterocycles. The zero-order valence-electron chi connectivity index (χ0n) is 16.2. The second-order valence-electron chi connectivity index (χ2n) is 9.13. The van der Waals surface area contributed by atoms with Gasteiger partial charge in [0, 0.05) is 25.1 Å². The smallest absolute Gasteiger partial charge is 0.165 e. The van der Waals surface area contributed by atoms with Crippen molar-refractivity contribution in [2.24, 2.45) is 5.41 Å². The number of phenolic OH excluding ortho intramolecular Hbond substituents is 1. The van der Waals surface area contributed by atoms with Crippen LogP contribution < -0.4 is 4.74 Å². The quantitative estimate of drug-likeness (QED) is 0.806. The molecule has 142 valence electrons. The van der Waals surface area contributed by atoms with Crippen LogP contribution in [0.5, 0.6) is 11.5 Å². The maximum atomic E-state index is 10.4. The minimum absolute atomic E-state index is 0.0897. The van der Waals surface area contributed by atoms with Gasteiger partial charge in [-0.1, -0.05) is 45.4 Å². The van der Waals surface area contributed by atoms with E-state index in [0.717, 1.165) is 31.6 Å². The van der Waals surface area contributed by atoms with Gasteiger partial charge in [0.05, 0.1) is 11.5 Å². The molecule has 1 aliphatic carbocycles. The summed E-state index contributed by atoms with van der Waals surface area (Å²) in [4.78, 5) is 2.56. The van der Waals surface area contributed by atoms with Gasteiger partial charge in [0.1, 0.15) is 6.10 Å². The standard InChI is InChI=1S/C22H31NO3/c1-4-8-21(2,3)14-23-11-10-22-9-7-16(24)12-18(22)26-20-17(25)6-5-15(13-23)19(20)22/h5-7,9,16,18,24-25H,4,8,10-14H2,1-3H3. The van der Waals surface area contributed by atoms with Crippen LogP contribution >= 0.6 is 0 Å². The summed E-state index contributed by atoms with van der Waals surface area (Å²) in [6, 6.07) is 3.83. The van der Waals surface area contributed by atoms with Crippen LogP contribution in [0, 0.1) is 5.41 Å². The van der Waals surface area contributed by atoms with Crippen LogP contribution in [0.4, 0.5) is 0 Å². The van der Waals surface area contributed by atoms with Gasteiger partial charge < -0.3 is 14.9 Å². The molecule has 3 atom stereocenters. The molecular formula is C22H31NO3. The van der Waals surface area contributed by atoms with Crippen molar-refractivity contribution in [2.75, 3.05) is 13.1 Å². The average molecular weight is 357 g/mol. The largest absolute Gasteiger partial charge is 0.504 e. The third kappa shape index (κ3) is 2.84. The van der Waals surface area contributed by atoms with Gasteiger partial charge in [0.25, 0.3) is 0 Å². The van der Waals surface area contributed by atoms with Gasteiger partial charge in [-0.2, -0.15) is 0 Å². The van der Waals surface area contributed by atoms with Crippen LogP contribution in [0.2, 0.25) is 0 Å². The summed E-state index contributed by atoms with van der Waals surface area (Å²) in [5.41, 5.74) is 2.49. The van der Waals surface area contributed by atoms with Crippen LogP contribution in [0.1, 0.15) is 57.6 Å². The first-order valence-electron chi connectivity index (χ1n) is 9.96. The Kier molecular flexibility index (Phi) is 4.31. The molecule has 26 heavy (non-hydrogen) atoms. The highest BCUT2D eigenvalue weighted by Gasteiger charge is 2.52. The van der Waals surface area contributed by atoms with E-state index in [1.165, 1.54) is 18.4 Å². The van der Waals surface area contributed by atoms with Gasteiger partial charge in [0.2, 0.25) is 0 Å². The topological polar surface area (TPSA) is 52.9 Å². The molecule has 1 aromatic carbocycles. The molecule has 1 aromatic rings. The number of benzene rings is 1. The molecule has 0 aromatic heterocycles. The molecule has 4 nitrogen and oxygen atoms in total. The van der Waals surface area contributed by atoms with Gasteiger partial charge >= 0.3 is 0 Å². The fourth-order valence-corrected chi connectivity index (χ4v) is 5.34. The van der Waals surface area contributed by atoms with E-state index in [1.54, 1.807) is 6.07 Å². The molecule has 0 amide bonds. The van der Waals surface area contributed by atoms with Crippen LogP contribution in [0.25, 0.3) is 0 Å². The van der Waals surface area contributed by atoms with Crippen LogP contribution in [-0.2, 0) is 12.0 Å². The molecule has 2 heterocycles. The molecule has 0 saturated carbocycles. The van der Waals surface area contributed by atoms with E-state index in [0.29, 0.717) is 17.6 Å². The van der Waals surface area contributed by atoms with E-state index in [2.05, 4.69) is 37.8 Å². The van der Waals surface area contributed by atoms with Crippen molar-refractivity contribution in [3.05, 3.63) is 35.4 Å². The van der Waals surface area contributed by atoms with Crippen LogP contribution in [0.3, 0.4) is 0 Å². The van der Waals surface area contributed by atoms with E-state index in [-0.39, 0.29) is 17.3 Å². The molecule has 2 N–H and O–H groups in total. The third-order valence-corrected chi connectivity index (χ3v) is 6.41. The normalized spacial score (nSPS) is 30.5. The Hall–Kier alpha value is -1.52. The average Bonchev–Trinajstić information content (AvgIpc) is 2.82. The SMILES string of the molecule is CCCC(C)(C)CN1CCC23C=CC(O)CC2Oc2c(O)ccc(c23)C1. The monoisotopic (exact) mass is 357 g/mol. The van der Waals surface area contributed by atoms with Gasteiger partial charge in [0.15, 0.2) is 11.5 Å². The highest BCUT2D eigenvalue weighted by molar-refractivity contribution is 5.60. The van der Waals surface area contributed by atoms with Gasteiger partial charge in [-0.25, -0.2) is 0 Å². The first kappa shape index (κ1) is 17.9. The summed E-state index contributed by atoms with van der Waals surface area (Å²) in [6.07, 6.45) is 7.50. The zero-order valence-corrected chi connectivity index (χ0v) is 16.2. The second-order valence-corrected chi connectivity index (χ2v) is 9.13. The number of ether oxygens (including phenoxy) is 1. The highest BCUT2D eigenvalue weighted by atomic mass is 16.5. The van der Waals surface area contributed by atoms with Crippen molar-refractivity contribution in [2.45, 2.75) is 70.6 Å². The Bertz CT molecular complexity index is 726.